The molecule has 4 heteroatoms. The van der Waals surface area contributed by atoms with Gasteiger partial charge in [0.2, 0.25) is 5.12 Å². The van der Waals surface area contributed by atoms with Crippen molar-refractivity contribution in [2.75, 3.05) is 19.0 Å². The van der Waals surface area contributed by atoms with E-state index in [4.69, 9.17) is 14.2 Å². The van der Waals surface area contributed by atoms with Gasteiger partial charge in [-0.05, 0) is 19.1 Å². The third-order valence-electron chi connectivity index (χ3n) is 1.83. The minimum absolute atomic E-state index is 0.350. The van der Waals surface area contributed by atoms with Gasteiger partial charge in [-0.15, -0.1) is 0 Å². The van der Waals surface area contributed by atoms with Crippen molar-refractivity contribution in [3.63, 3.8) is 0 Å². The number of epoxide rings is 2. The molecule has 0 aliphatic carbocycles. The van der Waals surface area contributed by atoms with E-state index in [2.05, 4.69) is 6.92 Å². The molecule has 2 saturated heterocycles. The Kier molecular flexibility index (Phi) is 2.11. The minimum atomic E-state index is -0.360. The van der Waals surface area contributed by atoms with Gasteiger partial charge in [0, 0.05) is 0 Å². The van der Waals surface area contributed by atoms with Gasteiger partial charge >= 0.3 is 0 Å². The summed E-state index contributed by atoms with van der Waals surface area (Å²) in [6.07, 6.45) is 1.15. The fourth-order valence-electron chi connectivity index (χ4n) is 0.978. The van der Waals surface area contributed by atoms with E-state index in [1.54, 1.807) is 11.8 Å². The van der Waals surface area contributed by atoms with Crippen LogP contribution in [0.25, 0.3) is 0 Å². The molecule has 0 aromatic carbocycles. The highest BCUT2D eigenvalue weighted by Gasteiger charge is 2.56. The van der Waals surface area contributed by atoms with Crippen molar-refractivity contribution in [2.24, 2.45) is 0 Å². The van der Waals surface area contributed by atoms with E-state index in [9.17, 15) is 0 Å². The molecular weight excluding hydrogens is 176 g/mol. The van der Waals surface area contributed by atoms with Crippen LogP contribution in [0.1, 0.15) is 20.3 Å². The summed E-state index contributed by atoms with van der Waals surface area (Å²) in [4.78, 5) is 0. The van der Waals surface area contributed by atoms with Crippen LogP contribution in [0.15, 0.2) is 0 Å². The summed E-state index contributed by atoms with van der Waals surface area (Å²) in [5.41, 5.74) is 0. The molecule has 12 heavy (non-hydrogen) atoms. The molecule has 2 rings (SSSR count). The summed E-state index contributed by atoms with van der Waals surface area (Å²) < 4.78 is 16.1. The average Bonchev–Trinajstić information content (AvgIpc) is 2.91. The van der Waals surface area contributed by atoms with Crippen LogP contribution in [0, 0.1) is 0 Å². The normalized spacial score (nSPS) is 44.5. The summed E-state index contributed by atoms with van der Waals surface area (Å²) in [7, 11) is 0. The van der Waals surface area contributed by atoms with Crippen molar-refractivity contribution in [3.05, 3.63) is 0 Å². The lowest BCUT2D eigenvalue weighted by Gasteiger charge is -2.14. The fourth-order valence-corrected chi connectivity index (χ4v) is 1.95. The summed E-state index contributed by atoms with van der Waals surface area (Å²) in [5.74, 6) is 0.729. The van der Waals surface area contributed by atoms with Crippen LogP contribution in [-0.2, 0) is 14.2 Å². The molecule has 2 unspecified atom stereocenters. The van der Waals surface area contributed by atoms with Crippen molar-refractivity contribution in [1.29, 1.82) is 0 Å². The molecule has 2 aliphatic rings. The maximum Gasteiger partial charge on any atom is 0.245 e. The topological polar surface area (TPSA) is 34.3 Å². The molecule has 0 amide bonds. The Balaban J connectivity index is 1.77. The number of thioether (sulfide) groups is 1. The SMILES string of the molecule is CCCSC1(OC2(C)CO2)CO1. The first kappa shape index (κ1) is 8.81. The molecule has 0 radical (unpaired) electrons. The molecule has 2 aliphatic heterocycles. The van der Waals surface area contributed by atoms with Gasteiger partial charge in [0.25, 0.3) is 0 Å². The van der Waals surface area contributed by atoms with Crippen molar-refractivity contribution < 1.29 is 14.2 Å². The smallest absolute Gasteiger partial charge is 0.245 e. The molecule has 0 aromatic heterocycles. The molecule has 0 spiro atoms. The van der Waals surface area contributed by atoms with Gasteiger partial charge in [0.15, 0.2) is 5.79 Å². The zero-order valence-corrected chi connectivity index (χ0v) is 8.28. The first-order chi connectivity index (χ1) is 5.68. The van der Waals surface area contributed by atoms with Crippen molar-refractivity contribution in [1.82, 2.24) is 0 Å². The van der Waals surface area contributed by atoms with Gasteiger partial charge in [0.05, 0.1) is 0 Å². The third-order valence-corrected chi connectivity index (χ3v) is 3.20. The van der Waals surface area contributed by atoms with Crippen LogP contribution >= 0.6 is 11.8 Å². The Bertz CT molecular complexity index is 175. The Morgan fingerprint density at radius 2 is 2.08 bits per heavy atom. The lowest BCUT2D eigenvalue weighted by atomic mass is 10.5. The van der Waals surface area contributed by atoms with Crippen LogP contribution in [0.4, 0.5) is 0 Å². The molecule has 70 valence electrons. The summed E-state index contributed by atoms with van der Waals surface area (Å²) in [6, 6.07) is 0. The lowest BCUT2D eigenvalue weighted by molar-refractivity contribution is -0.0931. The second-order valence-corrected chi connectivity index (χ2v) is 4.66. The first-order valence-corrected chi connectivity index (χ1v) is 5.29. The molecule has 0 aromatic rings. The van der Waals surface area contributed by atoms with Gasteiger partial charge in [-0.1, -0.05) is 18.7 Å². The maximum atomic E-state index is 5.67. The molecular formula is C8H14O3S. The Morgan fingerprint density at radius 3 is 2.50 bits per heavy atom. The highest BCUT2D eigenvalue weighted by Crippen LogP contribution is 2.47. The number of ether oxygens (including phenoxy) is 3. The average molecular weight is 190 g/mol. The summed E-state index contributed by atoms with van der Waals surface area (Å²) >= 11 is 1.73. The summed E-state index contributed by atoms with van der Waals surface area (Å²) in [6.45, 7) is 5.50. The fraction of sp³-hybridized carbons (Fsp3) is 1.00. The van der Waals surface area contributed by atoms with Crippen LogP contribution in [-0.4, -0.2) is 29.9 Å². The third kappa shape index (κ3) is 1.93. The predicted molar refractivity (Wildman–Crippen MR) is 46.9 cm³/mol. The first-order valence-electron chi connectivity index (χ1n) is 4.30. The number of hydrogen-bond donors (Lipinski definition) is 0. The van der Waals surface area contributed by atoms with E-state index in [0.717, 1.165) is 12.2 Å². The largest absolute Gasteiger partial charge is 0.342 e. The number of rotatable bonds is 5. The highest BCUT2D eigenvalue weighted by atomic mass is 32.2. The number of hydrogen-bond acceptors (Lipinski definition) is 4. The van der Waals surface area contributed by atoms with E-state index >= 15 is 0 Å². The van der Waals surface area contributed by atoms with E-state index < -0.39 is 0 Å². The van der Waals surface area contributed by atoms with Gasteiger partial charge in [-0.25, -0.2) is 0 Å². The zero-order chi connectivity index (χ0) is 8.66. The van der Waals surface area contributed by atoms with E-state index in [0.29, 0.717) is 13.2 Å². The van der Waals surface area contributed by atoms with Crippen molar-refractivity contribution in [2.45, 2.75) is 31.2 Å². The Morgan fingerprint density at radius 1 is 1.42 bits per heavy atom. The van der Waals surface area contributed by atoms with Gasteiger partial charge in [0.1, 0.15) is 13.2 Å². The highest BCUT2D eigenvalue weighted by molar-refractivity contribution is 8.00. The van der Waals surface area contributed by atoms with E-state index in [-0.39, 0.29) is 10.9 Å². The zero-order valence-electron chi connectivity index (χ0n) is 7.46. The standard InChI is InChI=1S/C8H14O3S/c1-3-4-12-8(6-10-8)11-7(2)5-9-7/h3-6H2,1-2H3. The summed E-state index contributed by atoms with van der Waals surface area (Å²) in [5, 5.41) is -0.360. The van der Waals surface area contributed by atoms with E-state index in [1.165, 1.54) is 0 Å². The molecule has 0 N–H and O–H groups in total. The van der Waals surface area contributed by atoms with Crippen LogP contribution in [0.2, 0.25) is 0 Å². The second kappa shape index (κ2) is 2.87. The van der Waals surface area contributed by atoms with Crippen LogP contribution < -0.4 is 0 Å². The molecule has 0 saturated carbocycles. The molecule has 3 nitrogen and oxygen atoms in total. The van der Waals surface area contributed by atoms with Crippen molar-refractivity contribution in [3.8, 4) is 0 Å². The molecule has 0 bridgehead atoms. The Labute approximate surface area is 76.7 Å². The predicted octanol–water partition coefficient (Wildman–Crippen LogP) is 1.58. The molecule has 2 heterocycles. The van der Waals surface area contributed by atoms with Gasteiger partial charge in [-0.2, -0.15) is 0 Å². The maximum absolute atomic E-state index is 5.67. The Hall–Kier alpha value is 0.230. The van der Waals surface area contributed by atoms with Crippen molar-refractivity contribution >= 4 is 11.8 Å². The minimum Gasteiger partial charge on any atom is -0.342 e. The van der Waals surface area contributed by atoms with Gasteiger partial charge in [-0.3, -0.25) is 0 Å². The quantitative estimate of drug-likeness (QED) is 0.487. The van der Waals surface area contributed by atoms with Crippen LogP contribution in [0.3, 0.4) is 0 Å². The lowest BCUT2D eigenvalue weighted by Crippen LogP contribution is -2.22. The van der Waals surface area contributed by atoms with E-state index in [1.807, 2.05) is 6.92 Å². The molecule has 2 fully saturated rings. The second-order valence-electron chi connectivity index (χ2n) is 3.34. The van der Waals surface area contributed by atoms with Gasteiger partial charge < -0.3 is 14.2 Å². The molecule has 2 atom stereocenters. The van der Waals surface area contributed by atoms with Crippen LogP contribution in [0.5, 0.6) is 0 Å². The monoisotopic (exact) mass is 190 g/mol.